The maximum absolute atomic E-state index is 13.2. The molecule has 3 atom stereocenters. The molecule has 3 unspecified atom stereocenters. The summed E-state index contributed by atoms with van der Waals surface area (Å²) in [6, 6.07) is 0.251. The van der Waals surface area contributed by atoms with Crippen LogP contribution in [-0.4, -0.2) is 82.4 Å². The number of fused-ring (bicyclic) bond motifs is 1. The first kappa shape index (κ1) is 22.5. The summed E-state index contributed by atoms with van der Waals surface area (Å²) < 4.78 is 14.1. The lowest BCUT2D eigenvalue weighted by molar-refractivity contribution is -0.146. The quantitative estimate of drug-likeness (QED) is 0.601. The van der Waals surface area contributed by atoms with Crippen molar-refractivity contribution in [3.8, 4) is 0 Å². The van der Waals surface area contributed by atoms with Gasteiger partial charge in [0.15, 0.2) is 5.16 Å². The second-order valence-electron chi connectivity index (χ2n) is 9.83. The maximum Gasteiger partial charge on any atom is 0.233 e. The molecule has 5 rings (SSSR count). The molecule has 1 saturated carbocycles. The van der Waals surface area contributed by atoms with Gasteiger partial charge in [0.25, 0.3) is 0 Å². The molecular weight excluding hydrogens is 426 g/mol. The van der Waals surface area contributed by atoms with E-state index in [1.54, 1.807) is 0 Å². The zero-order chi connectivity index (χ0) is 21.9. The predicted molar refractivity (Wildman–Crippen MR) is 124 cm³/mol. The Hall–Kier alpha value is -1.32. The van der Waals surface area contributed by atoms with E-state index in [9.17, 15) is 4.79 Å². The van der Waals surface area contributed by atoms with Crippen molar-refractivity contribution < 1.29 is 14.3 Å². The molecule has 0 spiro atoms. The lowest BCUT2D eigenvalue weighted by Crippen LogP contribution is -2.55. The van der Waals surface area contributed by atoms with E-state index in [-0.39, 0.29) is 24.2 Å². The first-order valence-electron chi connectivity index (χ1n) is 12.5. The molecule has 0 radical (unpaired) electrons. The van der Waals surface area contributed by atoms with Crippen LogP contribution in [0.1, 0.15) is 58.3 Å². The van der Waals surface area contributed by atoms with Crippen molar-refractivity contribution in [3.05, 3.63) is 0 Å². The molecular formula is C23H37N5O3S. The molecule has 8 nitrogen and oxygen atoms in total. The topological polar surface area (TPSA) is 72.7 Å². The van der Waals surface area contributed by atoms with Crippen molar-refractivity contribution in [2.75, 3.05) is 43.5 Å². The van der Waals surface area contributed by atoms with E-state index < -0.39 is 0 Å². The normalized spacial score (nSPS) is 29.3. The van der Waals surface area contributed by atoms with E-state index in [1.165, 1.54) is 37.4 Å². The third-order valence-electron chi connectivity index (χ3n) is 7.55. The average Bonchev–Trinajstić information content (AvgIpc) is 3.48. The maximum atomic E-state index is 13.2. The Balaban J connectivity index is 1.27. The summed E-state index contributed by atoms with van der Waals surface area (Å²) in [7, 11) is 0. The fourth-order valence-electron chi connectivity index (χ4n) is 5.60. The van der Waals surface area contributed by atoms with Gasteiger partial charge in [-0.25, -0.2) is 0 Å². The predicted octanol–water partition coefficient (Wildman–Crippen LogP) is 2.96. The van der Waals surface area contributed by atoms with Crippen LogP contribution in [0.15, 0.2) is 5.16 Å². The number of piperidine rings is 1. The van der Waals surface area contributed by atoms with Crippen LogP contribution in [0, 0.1) is 5.92 Å². The molecule has 178 valence electrons. The zero-order valence-electron chi connectivity index (χ0n) is 19.3. The summed E-state index contributed by atoms with van der Waals surface area (Å²) in [6.45, 7) is 7.34. The van der Waals surface area contributed by atoms with Gasteiger partial charge in [0.05, 0.1) is 37.2 Å². The number of morpholine rings is 1. The molecule has 3 saturated heterocycles. The third kappa shape index (κ3) is 4.94. The Kier molecular flexibility index (Phi) is 7.23. The Morgan fingerprint density at radius 2 is 1.84 bits per heavy atom. The monoisotopic (exact) mass is 463 g/mol. The largest absolute Gasteiger partial charge is 0.376 e. The molecule has 0 aromatic carbocycles. The Morgan fingerprint density at radius 3 is 2.66 bits per heavy atom. The lowest BCUT2D eigenvalue weighted by Gasteiger charge is -2.43. The van der Waals surface area contributed by atoms with Crippen LogP contribution in [0.4, 0.5) is 5.95 Å². The van der Waals surface area contributed by atoms with Crippen LogP contribution in [0.3, 0.4) is 0 Å². The summed E-state index contributed by atoms with van der Waals surface area (Å²) in [5, 5.41) is 9.96. The van der Waals surface area contributed by atoms with Crippen LogP contribution in [0.5, 0.6) is 0 Å². The number of carbonyl (C=O) groups is 1. The van der Waals surface area contributed by atoms with E-state index in [2.05, 4.69) is 31.5 Å². The standard InChI is InChI=1S/C23H37N5O3S/c1-17-8-10-26(11-9-17)22-24-25-23(28(22)15-18-5-4-13-30-18)32-16-21(29)27-12-14-31-20-7-3-2-6-19(20)27/h17-20H,2-16H2,1H3. The second kappa shape index (κ2) is 10.3. The van der Waals surface area contributed by atoms with E-state index in [0.29, 0.717) is 18.9 Å². The van der Waals surface area contributed by atoms with Gasteiger partial charge in [-0.2, -0.15) is 0 Å². The van der Waals surface area contributed by atoms with Crippen molar-refractivity contribution in [2.24, 2.45) is 5.92 Å². The molecule has 3 aliphatic heterocycles. The number of rotatable bonds is 6. The van der Waals surface area contributed by atoms with E-state index in [0.717, 1.165) is 68.9 Å². The highest BCUT2D eigenvalue weighted by Gasteiger charge is 2.36. The number of anilines is 1. The van der Waals surface area contributed by atoms with Gasteiger partial charge in [-0.05, 0) is 44.4 Å². The molecule has 1 aromatic heterocycles. The van der Waals surface area contributed by atoms with Crippen molar-refractivity contribution in [1.29, 1.82) is 0 Å². The second-order valence-corrected chi connectivity index (χ2v) is 10.8. The molecule has 4 heterocycles. The Morgan fingerprint density at radius 1 is 1.00 bits per heavy atom. The Bertz CT molecular complexity index is 774. The first-order chi connectivity index (χ1) is 15.7. The van der Waals surface area contributed by atoms with Gasteiger partial charge in [0.2, 0.25) is 11.9 Å². The van der Waals surface area contributed by atoms with Crippen molar-refractivity contribution in [2.45, 2.75) is 88.2 Å². The number of nitrogens with zero attached hydrogens (tertiary/aromatic N) is 5. The average molecular weight is 464 g/mol. The van der Waals surface area contributed by atoms with E-state index in [1.807, 2.05) is 0 Å². The molecule has 0 bridgehead atoms. The van der Waals surface area contributed by atoms with Crippen LogP contribution in [0.25, 0.3) is 0 Å². The Labute approximate surface area is 195 Å². The lowest BCUT2D eigenvalue weighted by atomic mass is 9.90. The number of carbonyl (C=O) groups excluding carboxylic acids is 1. The number of hydrogen-bond donors (Lipinski definition) is 0. The van der Waals surface area contributed by atoms with Gasteiger partial charge in [-0.1, -0.05) is 31.5 Å². The minimum absolute atomic E-state index is 0.204. The smallest absolute Gasteiger partial charge is 0.233 e. The highest BCUT2D eigenvalue weighted by Crippen LogP contribution is 2.31. The van der Waals surface area contributed by atoms with E-state index >= 15 is 0 Å². The zero-order valence-corrected chi connectivity index (χ0v) is 20.1. The number of ether oxygens (including phenoxy) is 2. The van der Waals surface area contributed by atoms with Crippen LogP contribution in [-0.2, 0) is 20.8 Å². The highest BCUT2D eigenvalue weighted by atomic mass is 32.2. The van der Waals surface area contributed by atoms with E-state index in [4.69, 9.17) is 9.47 Å². The number of hydrogen-bond acceptors (Lipinski definition) is 7. The van der Waals surface area contributed by atoms with Crippen molar-refractivity contribution in [1.82, 2.24) is 19.7 Å². The minimum Gasteiger partial charge on any atom is -0.376 e. The summed E-state index contributed by atoms with van der Waals surface area (Å²) in [6.07, 6.45) is 9.55. The molecule has 4 aliphatic rings. The fraction of sp³-hybridized carbons (Fsp3) is 0.870. The van der Waals surface area contributed by atoms with Gasteiger partial charge in [0, 0.05) is 26.2 Å². The first-order valence-corrected chi connectivity index (χ1v) is 13.5. The number of aromatic nitrogens is 3. The summed E-state index contributed by atoms with van der Waals surface area (Å²) in [4.78, 5) is 17.6. The molecule has 1 aromatic rings. The number of thioether (sulfide) groups is 1. The molecule has 4 fully saturated rings. The minimum atomic E-state index is 0.204. The van der Waals surface area contributed by atoms with Gasteiger partial charge in [-0.15, -0.1) is 10.2 Å². The molecule has 9 heteroatoms. The van der Waals surface area contributed by atoms with Crippen molar-refractivity contribution >= 4 is 23.6 Å². The van der Waals surface area contributed by atoms with Gasteiger partial charge in [-0.3, -0.25) is 9.36 Å². The van der Waals surface area contributed by atoms with Crippen molar-refractivity contribution in [3.63, 3.8) is 0 Å². The molecule has 1 aliphatic carbocycles. The van der Waals surface area contributed by atoms with Gasteiger partial charge < -0.3 is 19.3 Å². The molecule has 32 heavy (non-hydrogen) atoms. The van der Waals surface area contributed by atoms with Crippen LogP contribution in [0.2, 0.25) is 0 Å². The highest BCUT2D eigenvalue weighted by molar-refractivity contribution is 7.99. The molecule has 0 N–H and O–H groups in total. The fourth-order valence-corrected chi connectivity index (χ4v) is 6.43. The van der Waals surface area contributed by atoms with Gasteiger partial charge in [0.1, 0.15) is 0 Å². The molecule has 1 amide bonds. The number of amides is 1. The summed E-state index contributed by atoms with van der Waals surface area (Å²) in [5.41, 5.74) is 0. The third-order valence-corrected chi connectivity index (χ3v) is 8.50. The van der Waals surface area contributed by atoms with Crippen LogP contribution >= 0.6 is 11.8 Å². The summed E-state index contributed by atoms with van der Waals surface area (Å²) in [5.74, 6) is 2.32. The SMILES string of the molecule is CC1CCN(c2nnc(SCC(=O)N3CCOC4CCCCC43)n2CC2CCCO2)CC1. The van der Waals surface area contributed by atoms with Gasteiger partial charge >= 0.3 is 0 Å². The summed E-state index contributed by atoms with van der Waals surface area (Å²) >= 11 is 1.53. The van der Waals surface area contributed by atoms with Crippen LogP contribution < -0.4 is 4.90 Å².